The zero-order valence-corrected chi connectivity index (χ0v) is 6.48. The van der Waals surface area contributed by atoms with E-state index in [4.69, 9.17) is 0 Å². The smallest absolute Gasteiger partial charge is 0.263 e. The molecule has 0 aromatic carbocycles. The lowest BCUT2D eigenvalue weighted by Gasteiger charge is -1.93. The molecule has 2 N–H and O–H groups in total. The van der Waals surface area contributed by atoms with E-state index in [2.05, 4.69) is 20.2 Å². The first-order chi connectivity index (χ1) is 6.36. The van der Waals surface area contributed by atoms with Crippen LogP contribution in [-0.4, -0.2) is 24.6 Å². The second-order valence-electron chi connectivity index (χ2n) is 2.71. The van der Waals surface area contributed by atoms with E-state index < -0.39 is 0 Å². The normalized spacial score (nSPS) is 11.4. The van der Waals surface area contributed by atoms with Gasteiger partial charge in [-0.25, -0.2) is 4.98 Å². The molecule has 64 valence electrons. The molecule has 13 heavy (non-hydrogen) atoms. The molecule has 6 nitrogen and oxygen atoms in total. The van der Waals surface area contributed by atoms with Gasteiger partial charge in [0, 0.05) is 12.4 Å². The van der Waals surface area contributed by atoms with Gasteiger partial charge in [0.15, 0.2) is 0 Å². The molecule has 0 saturated carbocycles. The van der Waals surface area contributed by atoms with E-state index in [-0.39, 0.29) is 5.56 Å². The van der Waals surface area contributed by atoms with Crippen LogP contribution in [0.25, 0.3) is 16.8 Å². The minimum atomic E-state index is -0.178. The van der Waals surface area contributed by atoms with Crippen molar-refractivity contribution < 1.29 is 0 Å². The Morgan fingerprint density at radius 3 is 3.31 bits per heavy atom. The number of fused-ring (bicyclic) bond motifs is 3. The highest BCUT2D eigenvalue weighted by Gasteiger charge is 2.05. The molecule has 3 heterocycles. The maximum absolute atomic E-state index is 11.4. The molecule has 0 atom stereocenters. The molecule has 0 aliphatic carbocycles. The van der Waals surface area contributed by atoms with Gasteiger partial charge in [0.05, 0.1) is 6.20 Å². The van der Waals surface area contributed by atoms with Gasteiger partial charge < -0.3 is 0 Å². The van der Waals surface area contributed by atoms with Gasteiger partial charge in [0.25, 0.3) is 5.56 Å². The zero-order chi connectivity index (χ0) is 8.84. The second kappa shape index (κ2) is 1.98. The lowest BCUT2D eigenvalue weighted by Crippen LogP contribution is -2.08. The molecule has 0 spiro atoms. The molecule has 0 radical (unpaired) electrons. The third kappa shape index (κ3) is 0.689. The number of aromatic amines is 2. The fourth-order valence-corrected chi connectivity index (χ4v) is 1.37. The van der Waals surface area contributed by atoms with Crippen molar-refractivity contribution in [2.45, 2.75) is 0 Å². The summed E-state index contributed by atoms with van der Waals surface area (Å²) in [7, 11) is 0. The average molecular weight is 175 g/mol. The van der Waals surface area contributed by atoms with E-state index in [0.29, 0.717) is 16.8 Å². The van der Waals surface area contributed by atoms with Crippen molar-refractivity contribution in [2.75, 3.05) is 0 Å². The van der Waals surface area contributed by atoms with E-state index in [1.165, 1.54) is 6.20 Å². The second-order valence-corrected chi connectivity index (χ2v) is 2.71. The first-order valence-corrected chi connectivity index (χ1v) is 3.75. The van der Waals surface area contributed by atoms with Crippen molar-refractivity contribution in [2.24, 2.45) is 0 Å². The largest absolute Gasteiger partial charge is 0.291 e. The molecule has 6 heteroatoms. The van der Waals surface area contributed by atoms with Gasteiger partial charge in [-0.2, -0.15) is 5.10 Å². The van der Waals surface area contributed by atoms with Crippen LogP contribution in [0.15, 0.2) is 23.4 Å². The lowest BCUT2D eigenvalue weighted by molar-refractivity contribution is 1.06. The maximum atomic E-state index is 11.4. The van der Waals surface area contributed by atoms with Crippen LogP contribution in [-0.2, 0) is 0 Å². The van der Waals surface area contributed by atoms with Crippen LogP contribution in [0.5, 0.6) is 0 Å². The van der Waals surface area contributed by atoms with Gasteiger partial charge in [0.1, 0.15) is 11.0 Å². The van der Waals surface area contributed by atoms with Crippen molar-refractivity contribution in [1.82, 2.24) is 24.6 Å². The van der Waals surface area contributed by atoms with Crippen LogP contribution < -0.4 is 5.56 Å². The minimum absolute atomic E-state index is 0.178. The highest BCUT2D eigenvalue weighted by molar-refractivity contribution is 5.75. The van der Waals surface area contributed by atoms with Crippen molar-refractivity contribution in [3.8, 4) is 0 Å². The summed E-state index contributed by atoms with van der Waals surface area (Å²) in [5.74, 6) is 0.516. The summed E-state index contributed by atoms with van der Waals surface area (Å²) >= 11 is 0. The third-order valence-corrected chi connectivity index (χ3v) is 1.97. The zero-order valence-electron chi connectivity index (χ0n) is 6.48. The number of hydrogen-bond acceptors (Lipinski definition) is 3. The summed E-state index contributed by atoms with van der Waals surface area (Å²) in [4.78, 5) is 18.0. The molecule has 0 aliphatic rings. The van der Waals surface area contributed by atoms with Gasteiger partial charge in [-0.1, -0.05) is 0 Å². The van der Waals surface area contributed by atoms with E-state index >= 15 is 0 Å². The van der Waals surface area contributed by atoms with E-state index in [9.17, 15) is 4.79 Å². The van der Waals surface area contributed by atoms with Crippen LogP contribution in [0, 0.1) is 0 Å². The Balaban J connectivity index is 2.79. The molecule has 3 aromatic heterocycles. The molecular formula is C7H5N5O. The number of aromatic nitrogens is 5. The van der Waals surface area contributed by atoms with E-state index in [1.807, 2.05) is 0 Å². The fraction of sp³-hybridized carbons (Fsp3) is 0. The lowest BCUT2D eigenvalue weighted by atomic mass is 10.4. The van der Waals surface area contributed by atoms with Crippen molar-refractivity contribution in [3.63, 3.8) is 0 Å². The first kappa shape index (κ1) is 6.41. The molecule has 0 aliphatic heterocycles. The fourth-order valence-electron chi connectivity index (χ4n) is 1.37. The number of nitrogens with zero attached hydrogens (tertiary/aromatic N) is 3. The molecule has 0 unspecified atom stereocenters. The summed E-state index contributed by atoms with van der Waals surface area (Å²) in [6.07, 6.45) is 4.87. The molecule has 3 aromatic rings. The Kier molecular flexibility index (Phi) is 0.974. The Morgan fingerprint density at radius 2 is 2.38 bits per heavy atom. The summed E-state index contributed by atoms with van der Waals surface area (Å²) in [6, 6.07) is 0. The topological polar surface area (TPSA) is 78.8 Å². The molecular weight excluding hydrogens is 170 g/mol. The maximum Gasteiger partial charge on any atom is 0.263 e. The van der Waals surface area contributed by atoms with Crippen LogP contribution >= 0.6 is 0 Å². The van der Waals surface area contributed by atoms with Crippen molar-refractivity contribution in [3.05, 3.63) is 28.9 Å². The van der Waals surface area contributed by atoms with Gasteiger partial charge >= 0.3 is 0 Å². The summed E-state index contributed by atoms with van der Waals surface area (Å²) in [5, 5.41) is 7.07. The number of imidazole rings is 1. The highest BCUT2D eigenvalue weighted by Crippen LogP contribution is 2.05. The molecule has 0 saturated heterocycles. The van der Waals surface area contributed by atoms with Crippen molar-refractivity contribution >= 4 is 16.8 Å². The quantitative estimate of drug-likeness (QED) is 0.500. The van der Waals surface area contributed by atoms with E-state index in [0.717, 1.165) is 0 Å². The standard InChI is InChI=1S/C7H5N5O/c13-6-4-3-9-11-5(4)12-2-1-8-7(12)10-6/h1-3H,(H,9,11)(H,8,10,13). The molecule has 0 amide bonds. The SMILES string of the molecule is O=c1[nH]c2nccn2c2[nH]ncc12. The van der Waals surface area contributed by atoms with Crippen LogP contribution in [0.4, 0.5) is 0 Å². The Bertz CT molecular complexity index is 631. The number of nitrogens with one attached hydrogen (secondary N) is 2. The predicted octanol–water partition coefficient (Wildman–Crippen LogP) is -0.101. The number of rotatable bonds is 0. The number of hydrogen-bond donors (Lipinski definition) is 2. The van der Waals surface area contributed by atoms with Gasteiger partial charge in [-0.05, 0) is 0 Å². The molecule has 0 bridgehead atoms. The van der Waals surface area contributed by atoms with Crippen molar-refractivity contribution in [1.29, 1.82) is 0 Å². The summed E-state index contributed by atoms with van der Waals surface area (Å²) < 4.78 is 1.74. The summed E-state index contributed by atoms with van der Waals surface area (Å²) in [6.45, 7) is 0. The molecule has 0 fully saturated rings. The van der Waals surface area contributed by atoms with E-state index in [1.54, 1.807) is 16.8 Å². The van der Waals surface area contributed by atoms with Crippen LogP contribution in [0.2, 0.25) is 0 Å². The third-order valence-electron chi connectivity index (χ3n) is 1.97. The Morgan fingerprint density at radius 1 is 1.46 bits per heavy atom. The highest BCUT2D eigenvalue weighted by atomic mass is 16.1. The predicted molar refractivity (Wildman–Crippen MR) is 45.5 cm³/mol. The molecule has 3 rings (SSSR count). The summed E-state index contributed by atoms with van der Waals surface area (Å²) in [5.41, 5.74) is 0.485. The van der Waals surface area contributed by atoms with Crippen LogP contribution in [0.3, 0.4) is 0 Å². The average Bonchev–Trinajstić information content (AvgIpc) is 2.66. The Hall–Kier alpha value is -2.11. The van der Waals surface area contributed by atoms with Gasteiger partial charge in [-0.15, -0.1) is 0 Å². The van der Waals surface area contributed by atoms with Crippen LogP contribution in [0.1, 0.15) is 0 Å². The Labute approximate surface area is 71.2 Å². The number of H-pyrrole nitrogens is 2. The van der Waals surface area contributed by atoms with Gasteiger partial charge in [-0.3, -0.25) is 19.3 Å². The van der Waals surface area contributed by atoms with Gasteiger partial charge in [0.2, 0.25) is 5.78 Å². The minimum Gasteiger partial charge on any atom is -0.291 e. The first-order valence-electron chi connectivity index (χ1n) is 3.75. The monoisotopic (exact) mass is 175 g/mol.